The minimum Gasteiger partial charge on any atom is -0.328 e. The number of allylic oxidation sites excluding steroid dienone is 2. The molecule has 1 aromatic carbocycles. The fourth-order valence-corrected chi connectivity index (χ4v) is 3.85. The molecule has 1 N–H and O–H groups in total. The molecule has 1 aliphatic carbocycles. The fourth-order valence-electron chi connectivity index (χ4n) is 3.54. The zero-order valence-electron chi connectivity index (χ0n) is 13.3. The van der Waals surface area contributed by atoms with Gasteiger partial charge in [-0.1, -0.05) is 43.1 Å². The number of ketones is 1. The number of hydrogen-bond acceptors (Lipinski definition) is 4. The summed E-state index contributed by atoms with van der Waals surface area (Å²) < 4.78 is 1.73. The molecule has 7 heteroatoms. The lowest BCUT2D eigenvalue weighted by atomic mass is 9.73. The van der Waals surface area contributed by atoms with Gasteiger partial charge in [0.15, 0.2) is 5.78 Å². The van der Waals surface area contributed by atoms with Crippen LogP contribution in [0.2, 0.25) is 10.0 Å². The molecule has 1 atom stereocenters. The molecule has 124 valence electrons. The monoisotopic (exact) mass is 362 g/mol. The van der Waals surface area contributed by atoms with Crippen LogP contribution in [0.1, 0.15) is 38.3 Å². The van der Waals surface area contributed by atoms with Crippen molar-refractivity contribution in [2.24, 2.45) is 5.41 Å². The molecule has 1 unspecified atom stereocenters. The Balaban J connectivity index is 1.91. The summed E-state index contributed by atoms with van der Waals surface area (Å²) in [4.78, 5) is 17.2. The van der Waals surface area contributed by atoms with Crippen molar-refractivity contribution >= 4 is 34.9 Å². The zero-order chi connectivity index (χ0) is 17.1. The zero-order valence-corrected chi connectivity index (χ0v) is 14.8. The minimum atomic E-state index is -0.336. The second-order valence-corrected chi connectivity index (χ2v) is 7.88. The molecule has 4 rings (SSSR count). The number of nitrogens with one attached hydrogen (secondary N) is 1. The van der Waals surface area contributed by atoms with E-state index >= 15 is 0 Å². The Bertz CT molecular complexity index is 884. The second-order valence-electron chi connectivity index (χ2n) is 7.06. The number of anilines is 1. The Morgan fingerprint density at radius 1 is 1.25 bits per heavy atom. The molecule has 5 nitrogen and oxygen atoms in total. The van der Waals surface area contributed by atoms with Crippen molar-refractivity contribution in [3.63, 3.8) is 0 Å². The fraction of sp³-hybridized carbons (Fsp3) is 0.353. The first-order valence-corrected chi connectivity index (χ1v) is 8.49. The predicted octanol–water partition coefficient (Wildman–Crippen LogP) is 4.24. The van der Waals surface area contributed by atoms with Crippen molar-refractivity contribution in [2.75, 3.05) is 5.32 Å². The van der Waals surface area contributed by atoms with Gasteiger partial charge in [0, 0.05) is 17.7 Å². The molecule has 0 amide bonds. The van der Waals surface area contributed by atoms with Crippen LogP contribution in [-0.2, 0) is 4.79 Å². The van der Waals surface area contributed by atoms with Crippen LogP contribution in [0.15, 0.2) is 35.8 Å². The Kier molecular flexibility index (Phi) is 3.48. The van der Waals surface area contributed by atoms with Gasteiger partial charge in [-0.2, -0.15) is 10.1 Å². The number of fused-ring (bicyclic) bond motifs is 1. The highest BCUT2D eigenvalue weighted by Gasteiger charge is 2.41. The van der Waals surface area contributed by atoms with Crippen LogP contribution in [0.5, 0.6) is 0 Å². The van der Waals surface area contributed by atoms with Crippen LogP contribution in [-0.4, -0.2) is 20.5 Å². The number of nitrogens with zero attached hydrogens (tertiary/aromatic N) is 3. The lowest BCUT2D eigenvalue weighted by Gasteiger charge is -2.38. The number of carbonyl (C=O) groups is 1. The van der Waals surface area contributed by atoms with E-state index in [0.717, 1.165) is 23.3 Å². The van der Waals surface area contributed by atoms with E-state index in [0.29, 0.717) is 22.4 Å². The highest BCUT2D eigenvalue weighted by atomic mass is 35.5. The van der Waals surface area contributed by atoms with Crippen molar-refractivity contribution in [1.29, 1.82) is 0 Å². The van der Waals surface area contributed by atoms with Crippen LogP contribution in [0.3, 0.4) is 0 Å². The normalized spacial score (nSPS) is 22.0. The van der Waals surface area contributed by atoms with E-state index in [1.165, 1.54) is 6.33 Å². The topological polar surface area (TPSA) is 59.8 Å². The number of benzene rings is 1. The molecule has 0 saturated carbocycles. The number of aromatic nitrogens is 3. The maximum absolute atomic E-state index is 12.9. The van der Waals surface area contributed by atoms with E-state index in [1.54, 1.807) is 16.8 Å². The molecular formula is C17H16Cl2N4O. The molecule has 24 heavy (non-hydrogen) atoms. The van der Waals surface area contributed by atoms with Gasteiger partial charge in [0.2, 0.25) is 5.95 Å². The largest absolute Gasteiger partial charge is 0.328 e. The quantitative estimate of drug-likeness (QED) is 0.823. The summed E-state index contributed by atoms with van der Waals surface area (Å²) in [5, 5.41) is 8.53. The Labute approximate surface area is 149 Å². The average Bonchev–Trinajstić information content (AvgIpc) is 2.94. The third kappa shape index (κ3) is 2.43. The van der Waals surface area contributed by atoms with Crippen molar-refractivity contribution in [3.8, 4) is 0 Å². The van der Waals surface area contributed by atoms with Gasteiger partial charge in [0.1, 0.15) is 12.4 Å². The highest BCUT2D eigenvalue weighted by molar-refractivity contribution is 6.42. The number of rotatable bonds is 1. The van der Waals surface area contributed by atoms with E-state index < -0.39 is 0 Å². The number of hydrogen-bond donors (Lipinski definition) is 1. The van der Waals surface area contributed by atoms with E-state index in [9.17, 15) is 4.79 Å². The molecule has 1 aliphatic heterocycles. The van der Waals surface area contributed by atoms with Crippen molar-refractivity contribution < 1.29 is 4.79 Å². The Morgan fingerprint density at radius 3 is 2.79 bits per heavy atom. The van der Waals surface area contributed by atoms with E-state index in [-0.39, 0.29) is 17.2 Å². The van der Waals surface area contributed by atoms with Crippen LogP contribution in [0, 0.1) is 5.41 Å². The SMILES string of the molecule is CC1(C)CC(=O)C2=C(C1)Nc1ncnn1C2c1ccc(Cl)c(Cl)c1. The highest BCUT2D eigenvalue weighted by Crippen LogP contribution is 2.45. The van der Waals surface area contributed by atoms with Gasteiger partial charge >= 0.3 is 0 Å². The summed E-state index contributed by atoms with van der Waals surface area (Å²) in [5.41, 5.74) is 2.46. The first-order valence-electron chi connectivity index (χ1n) is 7.73. The minimum absolute atomic E-state index is 0.0761. The van der Waals surface area contributed by atoms with Crippen molar-refractivity contribution in [1.82, 2.24) is 14.8 Å². The van der Waals surface area contributed by atoms with Crippen molar-refractivity contribution in [2.45, 2.75) is 32.7 Å². The smallest absolute Gasteiger partial charge is 0.226 e. The molecule has 2 aromatic rings. The van der Waals surface area contributed by atoms with Crippen LogP contribution < -0.4 is 5.32 Å². The van der Waals surface area contributed by atoms with Gasteiger partial charge in [-0.15, -0.1) is 0 Å². The first-order chi connectivity index (χ1) is 11.4. The third-order valence-corrected chi connectivity index (χ3v) is 5.27. The summed E-state index contributed by atoms with van der Waals surface area (Å²) in [6.45, 7) is 4.20. The maximum Gasteiger partial charge on any atom is 0.226 e. The standard InChI is InChI=1S/C17H16Cl2N4O/c1-17(2)6-12-14(13(24)7-17)15(23-16(22-12)20-8-21-23)9-3-4-10(18)11(19)5-9/h3-5,8,15H,6-7H2,1-2H3,(H,20,21,22). The van der Waals surface area contributed by atoms with E-state index in [4.69, 9.17) is 23.2 Å². The van der Waals surface area contributed by atoms with E-state index in [1.807, 2.05) is 6.07 Å². The summed E-state index contributed by atoms with van der Waals surface area (Å²) >= 11 is 12.2. The first kappa shape index (κ1) is 15.7. The molecule has 0 saturated heterocycles. The molecule has 0 spiro atoms. The molecule has 0 bridgehead atoms. The number of Topliss-reactive ketones (excluding diaryl/α,β-unsaturated/α-hetero) is 1. The number of halogens is 2. The van der Waals surface area contributed by atoms with Crippen LogP contribution >= 0.6 is 23.2 Å². The lowest BCUT2D eigenvalue weighted by Crippen LogP contribution is -2.36. The average molecular weight is 363 g/mol. The van der Waals surface area contributed by atoms with Crippen molar-refractivity contribution in [3.05, 3.63) is 51.4 Å². The summed E-state index contributed by atoms with van der Waals surface area (Å²) in [6, 6.07) is 5.09. The summed E-state index contributed by atoms with van der Waals surface area (Å²) in [5.74, 6) is 0.765. The summed E-state index contributed by atoms with van der Waals surface area (Å²) in [7, 11) is 0. The molecule has 2 aliphatic rings. The maximum atomic E-state index is 12.9. The van der Waals surface area contributed by atoms with Gasteiger partial charge in [0.25, 0.3) is 0 Å². The van der Waals surface area contributed by atoms with Gasteiger partial charge in [0.05, 0.1) is 10.0 Å². The van der Waals surface area contributed by atoms with Gasteiger partial charge in [-0.25, -0.2) is 4.68 Å². The molecule has 0 fully saturated rings. The third-order valence-electron chi connectivity index (χ3n) is 4.53. The molecule has 0 radical (unpaired) electrons. The van der Waals surface area contributed by atoms with E-state index in [2.05, 4.69) is 29.2 Å². The predicted molar refractivity (Wildman–Crippen MR) is 93.3 cm³/mol. The van der Waals surface area contributed by atoms with Gasteiger partial charge in [-0.05, 0) is 29.5 Å². The van der Waals surface area contributed by atoms with Crippen LogP contribution in [0.25, 0.3) is 0 Å². The molecule has 2 heterocycles. The summed E-state index contributed by atoms with van der Waals surface area (Å²) in [6.07, 6.45) is 2.79. The number of carbonyl (C=O) groups excluding carboxylic acids is 1. The second kappa shape index (κ2) is 5.33. The molecular weight excluding hydrogens is 347 g/mol. The molecule has 1 aromatic heterocycles. The van der Waals surface area contributed by atoms with Gasteiger partial charge < -0.3 is 5.32 Å². The van der Waals surface area contributed by atoms with Crippen LogP contribution in [0.4, 0.5) is 5.95 Å². The Hall–Kier alpha value is -1.85. The lowest BCUT2D eigenvalue weighted by molar-refractivity contribution is -0.118. The Morgan fingerprint density at radius 2 is 2.04 bits per heavy atom. The van der Waals surface area contributed by atoms with Gasteiger partial charge in [-0.3, -0.25) is 4.79 Å².